The molecule has 0 radical (unpaired) electrons. The first-order chi connectivity index (χ1) is 6.56. The first-order valence-corrected chi connectivity index (χ1v) is 5.54. The highest BCUT2D eigenvalue weighted by Gasteiger charge is 2.13. The Morgan fingerprint density at radius 1 is 1.57 bits per heavy atom. The number of carbonyl (C=O) groups is 1. The average molecular weight is 274 g/mol. The van der Waals surface area contributed by atoms with Crippen molar-refractivity contribution >= 4 is 34.5 Å². The molecule has 0 N–H and O–H groups in total. The summed E-state index contributed by atoms with van der Waals surface area (Å²) in [4.78, 5) is 14.3. The fourth-order valence-corrected chi connectivity index (χ4v) is 1.65. The third-order valence-electron chi connectivity index (χ3n) is 2.00. The van der Waals surface area contributed by atoms with Gasteiger partial charge in [0.25, 0.3) is 5.91 Å². The van der Waals surface area contributed by atoms with Crippen LogP contribution in [0.25, 0.3) is 0 Å². The number of amides is 1. The Morgan fingerprint density at radius 3 is 2.79 bits per heavy atom. The summed E-state index contributed by atoms with van der Waals surface area (Å²) in [5.74, 6) is 0.00951. The van der Waals surface area contributed by atoms with E-state index in [1.807, 2.05) is 19.1 Å². The predicted molar refractivity (Wildman–Crippen MR) is 64.0 cm³/mol. The molecule has 0 aliphatic carbocycles. The van der Waals surface area contributed by atoms with Crippen LogP contribution in [0.1, 0.15) is 17.3 Å². The third-order valence-corrected chi connectivity index (χ3v) is 2.97. The van der Waals surface area contributed by atoms with Gasteiger partial charge < -0.3 is 4.90 Å². The lowest BCUT2D eigenvalue weighted by atomic mass is 10.2. The first kappa shape index (κ1) is 11.6. The topological polar surface area (TPSA) is 20.3 Å². The summed E-state index contributed by atoms with van der Waals surface area (Å²) in [6.07, 6.45) is 0. The van der Waals surface area contributed by atoms with Gasteiger partial charge in [0.05, 0.1) is 5.56 Å². The van der Waals surface area contributed by atoms with E-state index >= 15 is 0 Å². The zero-order valence-electron chi connectivity index (χ0n) is 8.12. The van der Waals surface area contributed by atoms with Crippen molar-refractivity contribution in [2.45, 2.75) is 11.8 Å². The van der Waals surface area contributed by atoms with Crippen LogP contribution in [-0.4, -0.2) is 24.4 Å². The lowest BCUT2D eigenvalue weighted by Gasteiger charge is -2.15. The lowest BCUT2D eigenvalue weighted by Crippen LogP contribution is -2.26. The predicted octanol–water partition coefficient (Wildman–Crippen LogP) is 2.83. The Labute approximate surface area is 97.8 Å². The summed E-state index contributed by atoms with van der Waals surface area (Å²) in [6, 6.07) is 5.44. The van der Waals surface area contributed by atoms with Crippen LogP contribution in [0, 0.1) is 0 Å². The highest BCUT2D eigenvalue weighted by Crippen LogP contribution is 2.21. The standard InChI is InChI=1S/C10H12BrNOS/c1-3-12(2)10(13)8-6-7(14)4-5-9(8)11/h4-6,14H,3H2,1-2H3. The van der Waals surface area contributed by atoms with Crippen LogP contribution in [-0.2, 0) is 0 Å². The Hall–Kier alpha value is -0.480. The van der Waals surface area contributed by atoms with Crippen molar-refractivity contribution in [3.05, 3.63) is 28.2 Å². The molecule has 1 aromatic rings. The Morgan fingerprint density at radius 2 is 2.21 bits per heavy atom. The number of rotatable bonds is 2. The molecule has 0 aliphatic heterocycles. The van der Waals surface area contributed by atoms with Gasteiger partial charge in [-0.1, -0.05) is 0 Å². The van der Waals surface area contributed by atoms with Gasteiger partial charge in [-0.05, 0) is 41.1 Å². The Kier molecular flexibility index (Phi) is 4.01. The number of hydrogen-bond acceptors (Lipinski definition) is 2. The fraction of sp³-hybridized carbons (Fsp3) is 0.300. The van der Waals surface area contributed by atoms with Gasteiger partial charge >= 0.3 is 0 Å². The molecule has 2 nitrogen and oxygen atoms in total. The largest absolute Gasteiger partial charge is 0.342 e. The van der Waals surface area contributed by atoms with Crippen molar-refractivity contribution in [2.24, 2.45) is 0 Å². The molecular weight excluding hydrogens is 262 g/mol. The molecular formula is C10H12BrNOS. The van der Waals surface area contributed by atoms with Crippen molar-refractivity contribution < 1.29 is 4.79 Å². The lowest BCUT2D eigenvalue weighted by molar-refractivity contribution is 0.0801. The number of halogens is 1. The van der Waals surface area contributed by atoms with Crippen LogP contribution in [0.3, 0.4) is 0 Å². The van der Waals surface area contributed by atoms with Gasteiger partial charge in [-0.3, -0.25) is 4.79 Å². The minimum absolute atomic E-state index is 0.00951. The quantitative estimate of drug-likeness (QED) is 0.822. The van der Waals surface area contributed by atoms with Crippen molar-refractivity contribution in [1.82, 2.24) is 4.90 Å². The summed E-state index contributed by atoms with van der Waals surface area (Å²) in [7, 11) is 1.78. The first-order valence-electron chi connectivity index (χ1n) is 4.30. The maximum Gasteiger partial charge on any atom is 0.254 e. The molecule has 1 amide bonds. The zero-order valence-corrected chi connectivity index (χ0v) is 10.6. The second kappa shape index (κ2) is 4.84. The molecule has 0 atom stereocenters. The minimum atomic E-state index is 0.00951. The molecule has 0 spiro atoms. The van der Waals surface area contributed by atoms with E-state index in [2.05, 4.69) is 28.6 Å². The molecule has 0 heterocycles. The summed E-state index contributed by atoms with van der Waals surface area (Å²) in [5.41, 5.74) is 0.654. The van der Waals surface area contributed by atoms with Crippen LogP contribution in [0.5, 0.6) is 0 Å². The molecule has 1 rings (SSSR count). The van der Waals surface area contributed by atoms with E-state index in [1.165, 1.54) is 0 Å². The average Bonchev–Trinajstić information content (AvgIpc) is 2.19. The van der Waals surface area contributed by atoms with Gasteiger partial charge in [-0.2, -0.15) is 0 Å². The Bertz CT molecular complexity index is 354. The maximum absolute atomic E-state index is 11.8. The molecule has 0 saturated heterocycles. The van der Waals surface area contributed by atoms with E-state index in [-0.39, 0.29) is 5.91 Å². The highest BCUT2D eigenvalue weighted by molar-refractivity contribution is 9.10. The summed E-state index contributed by atoms with van der Waals surface area (Å²) in [5, 5.41) is 0. The number of carbonyl (C=O) groups excluding carboxylic acids is 1. The van der Waals surface area contributed by atoms with E-state index in [0.717, 1.165) is 9.37 Å². The molecule has 76 valence electrons. The van der Waals surface area contributed by atoms with E-state index in [1.54, 1.807) is 18.0 Å². The monoisotopic (exact) mass is 273 g/mol. The van der Waals surface area contributed by atoms with Crippen LogP contribution < -0.4 is 0 Å². The van der Waals surface area contributed by atoms with E-state index in [9.17, 15) is 4.79 Å². The summed E-state index contributed by atoms with van der Waals surface area (Å²) in [6.45, 7) is 2.64. The van der Waals surface area contributed by atoms with Crippen molar-refractivity contribution in [3.8, 4) is 0 Å². The van der Waals surface area contributed by atoms with Crippen LogP contribution in [0.4, 0.5) is 0 Å². The number of thiol groups is 1. The Balaban J connectivity index is 3.06. The molecule has 1 aromatic carbocycles. The van der Waals surface area contributed by atoms with Gasteiger partial charge in [0.1, 0.15) is 0 Å². The normalized spacial score (nSPS) is 10.0. The number of nitrogens with zero attached hydrogens (tertiary/aromatic N) is 1. The molecule has 0 bridgehead atoms. The van der Waals surface area contributed by atoms with Gasteiger partial charge in [0, 0.05) is 23.0 Å². The fourth-order valence-electron chi connectivity index (χ4n) is 1.03. The van der Waals surface area contributed by atoms with Crippen molar-refractivity contribution in [2.75, 3.05) is 13.6 Å². The number of hydrogen-bond donors (Lipinski definition) is 1. The molecule has 0 aliphatic rings. The maximum atomic E-state index is 11.8. The number of benzene rings is 1. The SMILES string of the molecule is CCN(C)C(=O)c1cc(S)ccc1Br. The molecule has 14 heavy (non-hydrogen) atoms. The van der Waals surface area contributed by atoms with Crippen molar-refractivity contribution in [1.29, 1.82) is 0 Å². The highest BCUT2D eigenvalue weighted by atomic mass is 79.9. The molecule has 4 heteroatoms. The molecule has 0 aromatic heterocycles. The molecule has 0 unspecified atom stereocenters. The van der Waals surface area contributed by atoms with Gasteiger partial charge in [0.2, 0.25) is 0 Å². The summed E-state index contributed by atoms with van der Waals surface area (Å²) < 4.78 is 0.806. The minimum Gasteiger partial charge on any atom is -0.342 e. The van der Waals surface area contributed by atoms with E-state index in [0.29, 0.717) is 12.1 Å². The van der Waals surface area contributed by atoms with Gasteiger partial charge in [-0.25, -0.2) is 0 Å². The van der Waals surface area contributed by atoms with Gasteiger partial charge in [-0.15, -0.1) is 12.6 Å². The van der Waals surface area contributed by atoms with E-state index in [4.69, 9.17) is 0 Å². The third kappa shape index (κ3) is 2.51. The smallest absolute Gasteiger partial charge is 0.254 e. The summed E-state index contributed by atoms with van der Waals surface area (Å²) >= 11 is 7.55. The van der Waals surface area contributed by atoms with Crippen molar-refractivity contribution in [3.63, 3.8) is 0 Å². The van der Waals surface area contributed by atoms with Crippen LogP contribution in [0.15, 0.2) is 27.6 Å². The van der Waals surface area contributed by atoms with Crippen LogP contribution >= 0.6 is 28.6 Å². The second-order valence-corrected chi connectivity index (χ2v) is 4.35. The van der Waals surface area contributed by atoms with Crippen LogP contribution in [0.2, 0.25) is 0 Å². The molecule has 0 fully saturated rings. The van der Waals surface area contributed by atoms with E-state index < -0.39 is 0 Å². The zero-order chi connectivity index (χ0) is 10.7. The molecule has 0 saturated carbocycles. The second-order valence-electron chi connectivity index (χ2n) is 2.98. The van der Waals surface area contributed by atoms with Gasteiger partial charge in [0.15, 0.2) is 0 Å².